The molecule has 4 rings (SSSR count). The molecule has 1 N–H and O–H groups in total. The Hall–Kier alpha value is -2.28. The first-order valence-corrected chi connectivity index (χ1v) is 11.3. The summed E-state index contributed by atoms with van der Waals surface area (Å²) in [4.78, 5) is 16.3. The van der Waals surface area contributed by atoms with E-state index in [1.54, 1.807) is 29.2 Å². The van der Waals surface area contributed by atoms with Gasteiger partial charge in [0, 0.05) is 45.2 Å². The predicted molar refractivity (Wildman–Crippen MR) is 127 cm³/mol. The number of ketones is 1. The fourth-order valence-corrected chi connectivity index (χ4v) is 5.29. The Kier molecular flexibility index (Phi) is 6.38. The maximum Gasteiger partial charge on any atom is 0.257 e. The molecule has 0 saturated carbocycles. The fourth-order valence-electron chi connectivity index (χ4n) is 4.58. The maximum absolute atomic E-state index is 14.2. The Bertz CT molecular complexity index is 1240. The van der Waals surface area contributed by atoms with Crippen LogP contribution in [0.5, 0.6) is 0 Å². The van der Waals surface area contributed by atoms with Crippen LogP contribution in [0.25, 0.3) is 17.0 Å². The number of benzene rings is 2. The average molecular weight is 495 g/mol. The Morgan fingerprint density at radius 3 is 2.52 bits per heavy atom. The Morgan fingerprint density at radius 2 is 1.91 bits per heavy atom. The lowest BCUT2D eigenvalue weighted by atomic mass is 9.88. The first-order chi connectivity index (χ1) is 15.4. The molecule has 2 atom stereocenters. The Labute approximate surface area is 200 Å². The zero-order chi connectivity index (χ0) is 24.1. The van der Waals surface area contributed by atoms with Crippen molar-refractivity contribution in [2.75, 3.05) is 6.54 Å². The smallest absolute Gasteiger partial charge is 0.257 e. The largest absolute Gasteiger partial charge is 0.357 e. The molecule has 1 aliphatic rings. The third-order valence-electron chi connectivity index (χ3n) is 5.92. The van der Waals surface area contributed by atoms with Gasteiger partial charge in [-0.3, -0.25) is 9.69 Å². The number of carbonyl (C=O) groups is 1. The number of nitrogens with zero attached hydrogens (tertiary/aromatic N) is 1. The first-order valence-electron chi connectivity index (χ1n) is 10.6. The molecule has 2 unspecified atom stereocenters. The Balaban J connectivity index is 1.93. The second-order valence-electron chi connectivity index (χ2n) is 8.75. The van der Waals surface area contributed by atoms with E-state index in [1.165, 1.54) is 25.1 Å². The number of alkyl halides is 2. The van der Waals surface area contributed by atoms with E-state index in [2.05, 4.69) is 4.98 Å². The number of carbonyl (C=O) groups excluding carboxylic acids is 1. The summed E-state index contributed by atoms with van der Waals surface area (Å²) in [5.41, 5.74) is 3.37. The Morgan fingerprint density at radius 1 is 1.24 bits per heavy atom. The molecule has 174 valence electrons. The summed E-state index contributed by atoms with van der Waals surface area (Å²) in [6, 6.07) is 6.81. The van der Waals surface area contributed by atoms with Crippen LogP contribution >= 0.6 is 23.2 Å². The highest BCUT2D eigenvalue weighted by Gasteiger charge is 2.41. The van der Waals surface area contributed by atoms with Gasteiger partial charge in [-0.15, -0.1) is 0 Å². The molecule has 0 fully saturated rings. The number of rotatable bonds is 5. The van der Waals surface area contributed by atoms with Crippen LogP contribution in [0.1, 0.15) is 49.2 Å². The van der Waals surface area contributed by atoms with Gasteiger partial charge in [0.15, 0.2) is 5.78 Å². The standard InChI is InChI=1S/C25H23Cl2F3N2O/c1-13-8-18-17-11-16(28)6-7-21(17)31-23(18)24(32(13)12-25(3,29)30)22-19(26)9-15(10-20(22)27)5-4-14(2)33/h4-7,9-11,13,24,31H,8,12H2,1-3H3/b5-4+. The van der Waals surface area contributed by atoms with Crippen molar-refractivity contribution in [3.8, 4) is 0 Å². The fraction of sp³-hybridized carbons (Fsp3) is 0.320. The van der Waals surface area contributed by atoms with Crippen molar-refractivity contribution in [1.29, 1.82) is 0 Å². The van der Waals surface area contributed by atoms with Crippen LogP contribution in [0.2, 0.25) is 10.0 Å². The van der Waals surface area contributed by atoms with E-state index >= 15 is 0 Å². The molecule has 2 heterocycles. The van der Waals surface area contributed by atoms with Gasteiger partial charge in [0.2, 0.25) is 0 Å². The van der Waals surface area contributed by atoms with Crippen molar-refractivity contribution in [3.05, 3.63) is 74.7 Å². The number of aromatic nitrogens is 1. The molecule has 0 bridgehead atoms. The summed E-state index contributed by atoms with van der Waals surface area (Å²) in [5, 5.41) is 1.31. The van der Waals surface area contributed by atoms with Crippen LogP contribution in [-0.4, -0.2) is 34.2 Å². The molecule has 0 spiro atoms. The van der Waals surface area contributed by atoms with Crippen LogP contribution < -0.4 is 0 Å². The lowest BCUT2D eigenvalue weighted by Crippen LogP contribution is -2.47. The minimum atomic E-state index is -2.95. The van der Waals surface area contributed by atoms with Gasteiger partial charge in [0.05, 0.1) is 12.6 Å². The lowest BCUT2D eigenvalue weighted by Gasteiger charge is -2.42. The monoisotopic (exact) mass is 494 g/mol. The van der Waals surface area contributed by atoms with Gasteiger partial charge in [-0.2, -0.15) is 0 Å². The van der Waals surface area contributed by atoms with Crippen LogP contribution in [0, 0.1) is 5.82 Å². The maximum atomic E-state index is 14.2. The summed E-state index contributed by atoms with van der Waals surface area (Å²) < 4.78 is 42.5. The second-order valence-corrected chi connectivity index (χ2v) is 9.56. The highest BCUT2D eigenvalue weighted by molar-refractivity contribution is 6.36. The van der Waals surface area contributed by atoms with Crippen molar-refractivity contribution in [3.63, 3.8) is 0 Å². The van der Waals surface area contributed by atoms with Crippen molar-refractivity contribution < 1.29 is 18.0 Å². The molecular formula is C25H23Cl2F3N2O. The highest BCUT2D eigenvalue weighted by atomic mass is 35.5. The van der Waals surface area contributed by atoms with E-state index in [0.717, 1.165) is 23.4 Å². The van der Waals surface area contributed by atoms with Gasteiger partial charge in [0.1, 0.15) is 5.82 Å². The number of hydrogen-bond acceptors (Lipinski definition) is 2. The number of H-pyrrole nitrogens is 1. The number of hydrogen-bond donors (Lipinski definition) is 1. The van der Waals surface area contributed by atoms with Gasteiger partial charge in [-0.1, -0.05) is 29.3 Å². The topological polar surface area (TPSA) is 36.1 Å². The van der Waals surface area contributed by atoms with Crippen molar-refractivity contribution in [2.45, 2.75) is 45.2 Å². The van der Waals surface area contributed by atoms with Gasteiger partial charge in [-0.25, -0.2) is 13.2 Å². The number of halogens is 5. The third kappa shape index (κ3) is 4.84. The SMILES string of the molecule is CC(=O)/C=C/c1cc(Cl)c(C2c3[nH]c4ccc(F)cc4c3CC(C)N2CC(C)(F)F)c(Cl)c1. The van der Waals surface area contributed by atoms with Gasteiger partial charge in [0.25, 0.3) is 5.92 Å². The number of allylic oxidation sites excluding steroid dienone is 1. The number of nitrogens with one attached hydrogen (secondary N) is 1. The van der Waals surface area contributed by atoms with Gasteiger partial charge >= 0.3 is 0 Å². The second kappa shape index (κ2) is 8.82. The molecule has 8 heteroatoms. The quantitative estimate of drug-likeness (QED) is 0.380. The van der Waals surface area contributed by atoms with Crippen LogP contribution in [-0.2, 0) is 11.2 Å². The summed E-state index contributed by atoms with van der Waals surface area (Å²) >= 11 is 13.3. The number of fused-ring (bicyclic) bond motifs is 3. The normalized spacial score (nSPS) is 19.4. The molecule has 2 aromatic carbocycles. The lowest BCUT2D eigenvalue weighted by molar-refractivity contribution is -0.112. The zero-order valence-electron chi connectivity index (χ0n) is 18.4. The molecule has 0 radical (unpaired) electrons. The molecule has 0 amide bonds. The molecule has 33 heavy (non-hydrogen) atoms. The third-order valence-corrected chi connectivity index (χ3v) is 6.54. The van der Waals surface area contributed by atoms with Gasteiger partial charge in [-0.05, 0) is 67.8 Å². The van der Waals surface area contributed by atoms with E-state index < -0.39 is 18.5 Å². The van der Waals surface area contributed by atoms with E-state index in [4.69, 9.17) is 23.2 Å². The minimum Gasteiger partial charge on any atom is -0.357 e. The first kappa shape index (κ1) is 23.9. The van der Waals surface area contributed by atoms with Crippen LogP contribution in [0.3, 0.4) is 0 Å². The summed E-state index contributed by atoms with van der Waals surface area (Å²) in [6.07, 6.45) is 3.47. The van der Waals surface area contributed by atoms with Crippen molar-refractivity contribution >= 4 is 46.0 Å². The molecule has 3 aromatic rings. The number of aromatic amines is 1. The van der Waals surface area contributed by atoms with E-state index in [-0.39, 0.29) is 17.6 Å². The van der Waals surface area contributed by atoms with Crippen LogP contribution in [0.15, 0.2) is 36.4 Å². The highest BCUT2D eigenvalue weighted by Crippen LogP contribution is 2.46. The predicted octanol–water partition coefficient (Wildman–Crippen LogP) is 7.21. The van der Waals surface area contributed by atoms with E-state index in [1.807, 2.05) is 6.92 Å². The molecule has 0 aliphatic carbocycles. The van der Waals surface area contributed by atoms with Crippen molar-refractivity contribution in [1.82, 2.24) is 9.88 Å². The molecular weight excluding hydrogens is 472 g/mol. The molecule has 1 aliphatic heterocycles. The average Bonchev–Trinajstić information content (AvgIpc) is 3.04. The minimum absolute atomic E-state index is 0.126. The molecule has 0 saturated heterocycles. The molecule has 3 nitrogen and oxygen atoms in total. The van der Waals surface area contributed by atoms with E-state index in [9.17, 15) is 18.0 Å². The van der Waals surface area contributed by atoms with E-state index in [0.29, 0.717) is 33.3 Å². The summed E-state index contributed by atoms with van der Waals surface area (Å²) in [5.74, 6) is -3.45. The molecule has 1 aromatic heterocycles. The van der Waals surface area contributed by atoms with Crippen molar-refractivity contribution in [2.24, 2.45) is 0 Å². The summed E-state index contributed by atoms with van der Waals surface area (Å²) in [6.45, 7) is 3.68. The van der Waals surface area contributed by atoms with Crippen LogP contribution in [0.4, 0.5) is 13.2 Å². The summed E-state index contributed by atoms with van der Waals surface area (Å²) in [7, 11) is 0. The van der Waals surface area contributed by atoms with Gasteiger partial charge < -0.3 is 4.98 Å². The zero-order valence-corrected chi connectivity index (χ0v) is 19.9.